The number of para-hydroxylation sites is 1. The molecule has 8 heteroatoms. The molecule has 0 heterocycles. The highest BCUT2D eigenvalue weighted by molar-refractivity contribution is 9.10. The van der Waals surface area contributed by atoms with Gasteiger partial charge in [-0.15, -0.1) is 0 Å². The van der Waals surface area contributed by atoms with Crippen LogP contribution < -0.4 is 9.47 Å². The maximum atomic E-state index is 13.9. The van der Waals surface area contributed by atoms with Crippen LogP contribution in [0, 0.1) is 17.2 Å². The van der Waals surface area contributed by atoms with E-state index < -0.39 is 24.1 Å². The van der Waals surface area contributed by atoms with E-state index in [1.807, 2.05) is 24.3 Å². The number of benzene rings is 3. The molecule has 0 aliphatic heterocycles. The van der Waals surface area contributed by atoms with Gasteiger partial charge in [0.05, 0.1) is 16.8 Å². The summed E-state index contributed by atoms with van der Waals surface area (Å²) >= 11 is 3.20. The van der Waals surface area contributed by atoms with Gasteiger partial charge < -0.3 is 14.2 Å². The predicted molar refractivity (Wildman–Crippen MR) is 126 cm³/mol. The highest BCUT2D eigenvalue weighted by Gasteiger charge is 2.36. The first-order valence-corrected chi connectivity index (χ1v) is 11.2. The summed E-state index contributed by atoms with van der Waals surface area (Å²) in [5.41, 5.74) is 0.972. The zero-order valence-electron chi connectivity index (χ0n) is 18.5. The lowest BCUT2D eigenvalue weighted by Gasteiger charge is -2.22. The molecule has 0 aromatic heterocycles. The zero-order valence-corrected chi connectivity index (χ0v) is 20.1. The number of carbonyl (C=O) groups excluding carboxylic acids is 1. The number of nitriles is 1. The number of rotatable bonds is 9. The molecule has 1 atom stereocenters. The van der Waals surface area contributed by atoms with Crippen molar-refractivity contribution in [3.8, 4) is 23.3 Å². The Morgan fingerprint density at radius 3 is 2.38 bits per heavy atom. The summed E-state index contributed by atoms with van der Waals surface area (Å²) < 4.78 is 43.9. The SMILES string of the molecule is CC(C)C(F)(F)Oc1ccc(CC(=O)OC(C#N)c2cccc(Oc3ccccc3)c2)cc1Br. The molecule has 3 aromatic carbocycles. The van der Waals surface area contributed by atoms with Gasteiger partial charge in [0, 0.05) is 5.56 Å². The number of carbonyl (C=O) groups is 1. The van der Waals surface area contributed by atoms with Crippen LogP contribution in [-0.2, 0) is 16.0 Å². The molecular formula is C26H22BrF2NO4. The molecule has 0 radical (unpaired) electrons. The maximum absolute atomic E-state index is 13.9. The molecule has 5 nitrogen and oxygen atoms in total. The van der Waals surface area contributed by atoms with Crippen LogP contribution in [0.5, 0.6) is 17.2 Å². The molecule has 0 N–H and O–H groups in total. The van der Waals surface area contributed by atoms with E-state index in [9.17, 15) is 18.8 Å². The van der Waals surface area contributed by atoms with Crippen molar-refractivity contribution in [1.82, 2.24) is 0 Å². The van der Waals surface area contributed by atoms with Crippen molar-refractivity contribution >= 4 is 21.9 Å². The van der Waals surface area contributed by atoms with Crippen molar-refractivity contribution in [3.05, 3.63) is 88.4 Å². The van der Waals surface area contributed by atoms with E-state index in [0.29, 0.717) is 22.6 Å². The Hall–Kier alpha value is -3.44. The second-order valence-corrected chi connectivity index (χ2v) is 8.60. The third-order valence-corrected chi connectivity index (χ3v) is 5.39. The molecule has 176 valence electrons. The van der Waals surface area contributed by atoms with Gasteiger partial charge in [-0.3, -0.25) is 4.79 Å². The van der Waals surface area contributed by atoms with Gasteiger partial charge in [-0.05, 0) is 57.9 Å². The first-order chi connectivity index (χ1) is 16.2. The fraction of sp³-hybridized carbons (Fsp3) is 0.231. The minimum atomic E-state index is -3.33. The second-order valence-electron chi connectivity index (χ2n) is 7.75. The molecular weight excluding hydrogens is 508 g/mol. The number of ether oxygens (including phenoxy) is 3. The van der Waals surface area contributed by atoms with Crippen molar-refractivity contribution < 1.29 is 27.8 Å². The van der Waals surface area contributed by atoms with Crippen LogP contribution >= 0.6 is 15.9 Å². The van der Waals surface area contributed by atoms with Crippen LogP contribution in [0.2, 0.25) is 0 Å². The van der Waals surface area contributed by atoms with Gasteiger partial charge in [-0.25, -0.2) is 0 Å². The summed E-state index contributed by atoms with van der Waals surface area (Å²) in [5, 5.41) is 9.55. The topological polar surface area (TPSA) is 68.5 Å². The first kappa shape index (κ1) is 25.2. The van der Waals surface area contributed by atoms with Gasteiger partial charge in [0.25, 0.3) is 0 Å². The summed E-state index contributed by atoms with van der Waals surface area (Å²) in [6.45, 7) is 2.71. The van der Waals surface area contributed by atoms with E-state index in [1.165, 1.54) is 32.0 Å². The number of alkyl halides is 2. The normalized spacial score (nSPS) is 12.0. The Balaban J connectivity index is 1.65. The van der Waals surface area contributed by atoms with E-state index in [1.54, 1.807) is 36.4 Å². The van der Waals surface area contributed by atoms with Crippen molar-refractivity contribution in [3.63, 3.8) is 0 Å². The fourth-order valence-electron chi connectivity index (χ4n) is 2.88. The van der Waals surface area contributed by atoms with Crippen LogP contribution in [-0.4, -0.2) is 12.1 Å². The number of nitrogens with zero attached hydrogens (tertiary/aromatic N) is 1. The zero-order chi connectivity index (χ0) is 24.7. The monoisotopic (exact) mass is 529 g/mol. The third-order valence-electron chi connectivity index (χ3n) is 4.77. The van der Waals surface area contributed by atoms with Gasteiger partial charge >= 0.3 is 12.1 Å². The van der Waals surface area contributed by atoms with Crippen LogP contribution in [0.4, 0.5) is 8.78 Å². The quantitative estimate of drug-likeness (QED) is 0.273. The van der Waals surface area contributed by atoms with Gasteiger partial charge in [-0.2, -0.15) is 14.0 Å². The van der Waals surface area contributed by atoms with Gasteiger partial charge in [0.15, 0.2) is 0 Å². The Kier molecular flexibility index (Phi) is 8.24. The molecule has 0 bridgehead atoms. The molecule has 0 amide bonds. The molecule has 0 fully saturated rings. The van der Waals surface area contributed by atoms with Crippen LogP contribution in [0.15, 0.2) is 77.3 Å². The van der Waals surface area contributed by atoms with E-state index in [2.05, 4.69) is 15.9 Å². The third kappa shape index (κ3) is 6.78. The highest BCUT2D eigenvalue weighted by Crippen LogP contribution is 2.34. The minimum Gasteiger partial charge on any atom is -0.457 e. The summed E-state index contributed by atoms with van der Waals surface area (Å²) in [4.78, 5) is 12.5. The number of esters is 1. The minimum absolute atomic E-state index is 0.0408. The van der Waals surface area contributed by atoms with Crippen molar-refractivity contribution in [2.24, 2.45) is 5.92 Å². The standard InChI is InChI=1S/C26H22BrF2NO4/c1-17(2)26(28,29)34-23-12-11-18(13-22(23)27)14-25(31)33-24(16-30)19-7-6-10-21(15-19)32-20-8-4-3-5-9-20/h3-13,15,17,24H,14H2,1-2H3. The smallest absolute Gasteiger partial charge is 0.400 e. The average Bonchev–Trinajstić information content (AvgIpc) is 2.80. The Morgan fingerprint density at radius 2 is 1.74 bits per heavy atom. The summed E-state index contributed by atoms with van der Waals surface area (Å²) in [7, 11) is 0. The van der Waals surface area contributed by atoms with Gasteiger partial charge in [0.2, 0.25) is 6.10 Å². The summed E-state index contributed by atoms with van der Waals surface area (Å²) in [5.74, 6) is -0.560. The predicted octanol–water partition coefficient (Wildman–Crippen LogP) is 7.22. The Bertz CT molecular complexity index is 1180. The lowest BCUT2D eigenvalue weighted by atomic mass is 10.1. The lowest BCUT2D eigenvalue weighted by Crippen LogP contribution is -2.31. The molecule has 0 aliphatic rings. The van der Waals surface area contributed by atoms with Gasteiger partial charge in [0.1, 0.15) is 23.3 Å². The van der Waals surface area contributed by atoms with Crippen molar-refractivity contribution in [1.29, 1.82) is 5.26 Å². The highest BCUT2D eigenvalue weighted by atomic mass is 79.9. The average molecular weight is 530 g/mol. The van der Waals surface area contributed by atoms with Crippen LogP contribution in [0.25, 0.3) is 0 Å². The van der Waals surface area contributed by atoms with Crippen molar-refractivity contribution in [2.45, 2.75) is 32.5 Å². The molecule has 34 heavy (non-hydrogen) atoms. The molecule has 0 saturated carbocycles. The summed E-state index contributed by atoms with van der Waals surface area (Å²) in [6, 6.07) is 22.2. The van der Waals surface area contributed by atoms with Gasteiger partial charge in [-0.1, -0.05) is 50.2 Å². The second kappa shape index (κ2) is 11.1. The van der Waals surface area contributed by atoms with Crippen LogP contribution in [0.3, 0.4) is 0 Å². The Labute approximate surface area is 205 Å². The van der Waals surface area contributed by atoms with E-state index in [-0.39, 0.29) is 16.6 Å². The van der Waals surface area contributed by atoms with Crippen LogP contribution in [0.1, 0.15) is 31.1 Å². The molecule has 3 rings (SSSR count). The first-order valence-electron chi connectivity index (χ1n) is 10.4. The van der Waals surface area contributed by atoms with E-state index >= 15 is 0 Å². The number of hydrogen-bond acceptors (Lipinski definition) is 5. The summed E-state index contributed by atoms with van der Waals surface area (Å²) in [6.07, 6.45) is -4.62. The number of halogens is 3. The molecule has 0 spiro atoms. The molecule has 3 aromatic rings. The fourth-order valence-corrected chi connectivity index (χ4v) is 3.38. The molecule has 0 aliphatic carbocycles. The van der Waals surface area contributed by atoms with E-state index in [0.717, 1.165) is 0 Å². The molecule has 0 saturated heterocycles. The number of hydrogen-bond donors (Lipinski definition) is 0. The van der Waals surface area contributed by atoms with Crippen molar-refractivity contribution in [2.75, 3.05) is 0 Å². The lowest BCUT2D eigenvalue weighted by molar-refractivity contribution is -0.207. The van der Waals surface area contributed by atoms with E-state index in [4.69, 9.17) is 14.2 Å². The Morgan fingerprint density at radius 1 is 1.03 bits per heavy atom. The largest absolute Gasteiger partial charge is 0.457 e. The molecule has 1 unspecified atom stereocenters. The maximum Gasteiger partial charge on any atom is 0.400 e.